The highest BCUT2D eigenvalue weighted by Gasteiger charge is 2.53. The summed E-state index contributed by atoms with van der Waals surface area (Å²) in [5, 5.41) is 16.0. The van der Waals surface area contributed by atoms with Gasteiger partial charge < -0.3 is 25.5 Å². The minimum absolute atomic E-state index is 0.00658. The number of nitrogens with zero attached hydrogens (tertiary/aromatic N) is 3. The van der Waals surface area contributed by atoms with Crippen LogP contribution >= 0.6 is 11.3 Å². The maximum Gasteiger partial charge on any atom is 0.258 e. The number of thiazole rings is 1. The predicted molar refractivity (Wildman–Crippen MR) is 157 cm³/mol. The molecule has 0 bridgehead atoms. The lowest BCUT2D eigenvalue weighted by Crippen LogP contribution is -2.59. The van der Waals surface area contributed by atoms with Crippen LogP contribution in [0.15, 0.2) is 29.8 Å². The summed E-state index contributed by atoms with van der Waals surface area (Å²) in [4.78, 5) is 60.8. The molecule has 2 heterocycles. The summed E-state index contributed by atoms with van der Waals surface area (Å²) >= 11 is 1.52. The SMILES string of the molecule is Cc1ncsc1-c1ccc([C@H](CC(=O)N(C)C)NC(=O)[C@@H]2C[C@@H](O)CN2C(=O)[C@@H](NC(=O)C2(F)CC2)C(C)(C)C)cc1. The first-order valence-corrected chi connectivity index (χ1v) is 15.0. The van der Waals surface area contributed by atoms with Crippen molar-refractivity contribution in [1.29, 1.82) is 0 Å². The van der Waals surface area contributed by atoms with E-state index in [1.54, 1.807) is 40.4 Å². The quantitative estimate of drug-likeness (QED) is 0.405. The Kier molecular flexibility index (Phi) is 9.08. The Labute approximate surface area is 249 Å². The maximum atomic E-state index is 14.5. The number of benzene rings is 1. The number of nitrogens with one attached hydrogen (secondary N) is 2. The fourth-order valence-corrected chi connectivity index (χ4v) is 5.85. The second-order valence-corrected chi connectivity index (χ2v) is 13.4. The van der Waals surface area contributed by atoms with Crippen LogP contribution in [0.25, 0.3) is 10.4 Å². The molecule has 4 rings (SSSR count). The van der Waals surface area contributed by atoms with Crippen LogP contribution in [-0.4, -0.2) is 88.0 Å². The van der Waals surface area contributed by atoms with E-state index in [2.05, 4.69) is 15.6 Å². The van der Waals surface area contributed by atoms with Gasteiger partial charge in [0.2, 0.25) is 17.7 Å². The van der Waals surface area contributed by atoms with E-state index in [-0.39, 0.29) is 38.1 Å². The molecule has 4 amide bonds. The summed E-state index contributed by atoms with van der Waals surface area (Å²) in [7, 11) is 3.27. The maximum absolute atomic E-state index is 14.5. The first-order valence-electron chi connectivity index (χ1n) is 14.1. The van der Waals surface area contributed by atoms with Gasteiger partial charge in [-0.2, -0.15) is 0 Å². The largest absolute Gasteiger partial charge is 0.391 e. The summed E-state index contributed by atoms with van der Waals surface area (Å²) < 4.78 is 14.5. The van der Waals surface area contributed by atoms with Crippen LogP contribution in [0.1, 0.15) is 63.8 Å². The number of aliphatic hydroxyl groups excluding tert-OH is 1. The zero-order chi connectivity index (χ0) is 31.0. The number of halogens is 1. The Bertz CT molecular complexity index is 1330. The van der Waals surface area contributed by atoms with Crippen molar-refractivity contribution in [2.45, 2.75) is 83.3 Å². The molecule has 1 aliphatic heterocycles. The van der Waals surface area contributed by atoms with Crippen LogP contribution in [0.2, 0.25) is 0 Å². The van der Waals surface area contributed by atoms with Crippen molar-refractivity contribution in [2.75, 3.05) is 20.6 Å². The second kappa shape index (κ2) is 12.1. The topological polar surface area (TPSA) is 132 Å². The van der Waals surface area contributed by atoms with Gasteiger partial charge in [-0.15, -0.1) is 11.3 Å². The number of aromatic nitrogens is 1. The van der Waals surface area contributed by atoms with Crippen LogP contribution in [-0.2, 0) is 19.2 Å². The lowest BCUT2D eigenvalue weighted by atomic mass is 9.85. The number of aliphatic hydroxyl groups is 1. The molecule has 1 aromatic carbocycles. The molecule has 2 fully saturated rings. The lowest BCUT2D eigenvalue weighted by molar-refractivity contribution is -0.145. The number of β-amino-alcohol motifs (C(OH)–C–C–N with tert-alkyl or cyclic N) is 1. The Morgan fingerprint density at radius 1 is 1.17 bits per heavy atom. The summed E-state index contributed by atoms with van der Waals surface area (Å²) in [6.45, 7) is 7.06. The van der Waals surface area contributed by atoms with Crippen molar-refractivity contribution < 1.29 is 28.7 Å². The summed E-state index contributed by atoms with van der Waals surface area (Å²) in [5.74, 6) is -2.13. The van der Waals surface area contributed by atoms with Crippen LogP contribution in [0, 0.1) is 12.3 Å². The van der Waals surface area contributed by atoms with Crippen molar-refractivity contribution >= 4 is 35.0 Å². The molecular weight excluding hydrogens is 561 g/mol. The number of rotatable bonds is 9. The highest BCUT2D eigenvalue weighted by atomic mass is 32.1. The summed E-state index contributed by atoms with van der Waals surface area (Å²) in [5.41, 5.74) is 1.61. The van der Waals surface area contributed by atoms with Crippen LogP contribution in [0.3, 0.4) is 0 Å². The van der Waals surface area contributed by atoms with Gasteiger partial charge >= 0.3 is 0 Å². The molecule has 0 radical (unpaired) electrons. The molecule has 42 heavy (non-hydrogen) atoms. The average Bonchev–Trinajstić information content (AvgIpc) is 3.33. The minimum atomic E-state index is -1.97. The summed E-state index contributed by atoms with van der Waals surface area (Å²) in [6, 6.07) is 4.70. The molecule has 2 aromatic rings. The highest BCUT2D eigenvalue weighted by molar-refractivity contribution is 7.13. The van der Waals surface area contributed by atoms with Gasteiger partial charge in [0.25, 0.3) is 5.91 Å². The van der Waals surface area contributed by atoms with Crippen molar-refractivity contribution in [3.05, 3.63) is 41.0 Å². The van der Waals surface area contributed by atoms with E-state index in [1.807, 2.05) is 31.2 Å². The molecule has 1 saturated carbocycles. The zero-order valence-electron chi connectivity index (χ0n) is 24.9. The van der Waals surface area contributed by atoms with Crippen molar-refractivity contribution in [3.8, 4) is 10.4 Å². The van der Waals surface area contributed by atoms with E-state index in [0.717, 1.165) is 16.1 Å². The zero-order valence-corrected chi connectivity index (χ0v) is 25.8. The van der Waals surface area contributed by atoms with Gasteiger partial charge in [0.15, 0.2) is 5.67 Å². The second-order valence-electron chi connectivity index (χ2n) is 12.6. The minimum Gasteiger partial charge on any atom is -0.391 e. The number of hydrogen-bond acceptors (Lipinski definition) is 7. The van der Waals surface area contributed by atoms with E-state index < -0.39 is 53.0 Å². The van der Waals surface area contributed by atoms with Gasteiger partial charge in [-0.25, -0.2) is 9.37 Å². The van der Waals surface area contributed by atoms with Gasteiger partial charge in [0.1, 0.15) is 12.1 Å². The molecule has 10 nitrogen and oxygen atoms in total. The van der Waals surface area contributed by atoms with Gasteiger partial charge in [-0.1, -0.05) is 45.0 Å². The smallest absolute Gasteiger partial charge is 0.258 e. The number of amides is 4. The Morgan fingerprint density at radius 3 is 2.33 bits per heavy atom. The Balaban J connectivity index is 1.56. The number of hydrogen-bond donors (Lipinski definition) is 3. The normalized spacial score (nSPS) is 20.9. The molecule has 3 N–H and O–H groups in total. The Morgan fingerprint density at radius 2 is 1.81 bits per heavy atom. The van der Waals surface area contributed by atoms with Crippen LogP contribution < -0.4 is 10.6 Å². The summed E-state index contributed by atoms with van der Waals surface area (Å²) in [6.07, 6.45) is -0.765. The van der Waals surface area contributed by atoms with Crippen molar-refractivity contribution in [3.63, 3.8) is 0 Å². The molecule has 228 valence electrons. The van der Waals surface area contributed by atoms with Gasteiger partial charge in [0.05, 0.1) is 34.6 Å². The number of aryl methyl sites for hydroxylation is 1. The van der Waals surface area contributed by atoms with E-state index in [1.165, 1.54) is 21.1 Å². The van der Waals surface area contributed by atoms with Gasteiger partial charge in [0, 0.05) is 27.1 Å². The first kappa shape index (κ1) is 31.6. The lowest BCUT2D eigenvalue weighted by Gasteiger charge is -2.36. The van der Waals surface area contributed by atoms with E-state index in [4.69, 9.17) is 0 Å². The highest BCUT2D eigenvalue weighted by Crippen LogP contribution is 2.40. The van der Waals surface area contributed by atoms with E-state index in [9.17, 15) is 28.7 Å². The van der Waals surface area contributed by atoms with Crippen molar-refractivity contribution in [1.82, 2.24) is 25.4 Å². The molecule has 4 atom stereocenters. The van der Waals surface area contributed by atoms with Crippen LogP contribution in [0.5, 0.6) is 0 Å². The molecule has 1 aromatic heterocycles. The number of carbonyl (C=O) groups excluding carboxylic acids is 4. The standard InChI is InChI=1S/C30H40FN5O5S/c1-17-24(42-16-32-17)19-9-7-18(8-10-19)21(14-23(38)35(5)6)33-26(39)22-13-20(37)15-36(22)27(40)25(29(2,3)4)34-28(41)30(31)11-12-30/h7-10,16,20-22,25,37H,11-15H2,1-6H3,(H,33,39)(H,34,41)/t20-,21+,22+,25-/m1/s1. The average molecular weight is 602 g/mol. The van der Waals surface area contributed by atoms with E-state index in [0.29, 0.717) is 5.56 Å². The first-order chi connectivity index (χ1) is 19.6. The molecule has 1 aliphatic carbocycles. The third-order valence-electron chi connectivity index (χ3n) is 7.86. The Hall–Kier alpha value is -3.38. The number of alkyl halides is 1. The number of likely N-dealkylation sites (tertiary alicyclic amines) is 1. The fraction of sp³-hybridized carbons (Fsp3) is 0.567. The molecular formula is C30H40FN5O5S. The van der Waals surface area contributed by atoms with Crippen molar-refractivity contribution in [2.24, 2.45) is 5.41 Å². The van der Waals surface area contributed by atoms with Gasteiger partial charge in [-0.3, -0.25) is 19.2 Å². The predicted octanol–water partition coefficient (Wildman–Crippen LogP) is 2.75. The molecule has 0 unspecified atom stereocenters. The molecule has 2 aliphatic rings. The number of carbonyl (C=O) groups is 4. The third-order valence-corrected chi connectivity index (χ3v) is 8.84. The van der Waals surface area contributed by atoms with Crippen LogP contribution in [0.4, 0.5) is 4.39 Å². The molecule has 12 heteroatoms. The monoisotopic (exact) mass is 601 g/mol. The van der Waals surface area contributed by atoms with Gasteiger partial charge in [-0.05, 0) is 36.3 Å². The third kappa shape index (κ3) is 6.97. The van der Waals surface area contributed by atoms with E-state index >= 15 is 0 Å². The molecule has 1 saturated heterocycles. The fourth-order valence-electron chi connectivity index (χ4n) is 5.04. The molecule has 0 spiro atoms.